The molecule has 1 saturated carbocycles. The van der Waals surface area contributed by atoms with E-state index in [0.29, 0.717) is 12.3 Å². The zero-order valence-corrected chi connectivity index (χ0v) is 16.3. The molecule has 148 valence electrons. The number of rotatable bonds is 5. The third-order valence-electron chi connectivity index (χ3n) is 6.48. The zero-order valence-electron chi connectivity index (χ0n) is 16.3. The van der Waals surface area contributed by atoms with Crippen LogP contribution in [0.3, 0.4) is 0 Å². The summed E-state index contributed by atoms with van der Waals surface area (Å²) in [7, 11) is 0. The molecule has 1 amide bonds. The smallest absolute Gasteiger partial charge is 0.320 e. The van der Waals surface area contributed by atoms with Gasteiger partial charge in [-0.25, -0.2) is 0 Å². The Morgan fingerprint density at radius 1 is 1.14 bits per heavy atom. The molecule has 4 rings (SSSR count). The lowest BCUT2D eigenvalue weighted by Gasteiger charge is -2.32. The van der Waals surface area contributed by atoms with E-state index in [-0.39, 0.29) is 24.5 Å². The molecular weight excluding hydrogens is 352 g/mol. The Morgan fingerprint density at radius 2 is 1.89 bits per heavy atom. The average molecular weight is 380 g/mol. The molecule has 5 heteroatoms. The van der Waals surface area contributed by atoms with Crippen molar-refractivity contribution in [2.75, 3.05) is 6.54 Å². The average Bonchev–Trinajstić information content (AvgIpc) is 3.06. The number of carbonyl (C=O) groups excluding carboxylic acids is 1. The number of nitrogens with one attached hydrogen (secondary N) is 1. The number of hydrogen-bond acceptors (Lipinski definition) is 3. The summed E-state index contributed by atoms with van der Waals surface area (Å²) in [6.45, 7) is 2.14. The number of nitrogens with zero attached hydrogens (tertiary/aromatic N) is 1. The first kappa shape index (κ1) is 18.9. The summed E-state index contributed by atoms with van der Waals surface area (Å²) >= 11 is 0. The monoisotopic (exact) mass is 380 g/mol. The number of aliphatic carboxylic acids is 1. The van der Waals surface area contributed by atoms with Crippen LogP contribution in [0.1, 0.15) is 50.6 Å². The van der Waals surface area contributed by atoms with Crippen LogP contribution in [0.25, 0.3) is 10.8 Å². The van der Waals surface area contributed by atoms with Crippen LogP contribution < -0.4 is 5.32 Å². The van der Waals surface area contributed by atoms with E-state index in [4.69, 9.17) is 0 Å². The van der Waals surface area contributed by atoms with Crippen molar-refractivity contribution in [3.63, 3.8) is 0 Å². The van der Waals surface area contributed by atoms with E-state index in [9.17, 15) is 14.7 Å². The van der Waals surface area contributed by atoms with Crippen LogP contribution in [0.2, 0.25) is 0 Å². The van der Waals surface area contributed by atoms with E-state index in [1.54, 1.807) is 0 Å². The number of fused-ring (bicyclic) bond motifs is 2. The van der Waals surface area contributed by atoms with E-state index in [0.717, 1.165) is 30.2 Å². The van der Waals surface area contributed by atoms with Crippen LogP contribution in [0, 0.1) is 5.92 Å². The van der Waals surface area contributed by atoms with Crippen molar-refractivity contribution in [3.8, 4) is 0 Å². The number of hydrogen-bond donors (Lipinski definition) is 2. The Morgan fingerprint density at radius 3 is 2.68 bits per heavy atom. The van der Waals surface area contributed by atoms with Crippen LogP contribution in [0.5, 0.6) is 0 Å². The standard InChI is InChI=1S/C23H28N2O3/c1-15(17-11-10-16-6-2-3-7-18(16)12-17)24-22(26)14-25-20-9-5-4-8-19(20)13-21(25)23(27)28/h2-3,6-7,10-12,15,19-21H,4-5,8-9,13-14H2,1H3,(H,24,26)(H,27,28). The molecule has 1 saturated heterocycles. The van der Waals surface area contributed by atoms with E-state index < -0.39 is 12.0 Å². The lowest BCUT2D eigenvalue weighted by molar-refractivity contribution is -0.143. The molecule has 2 fully saturated rings. The fraction of sp³-hybridized carbons (Fsp3) is 0.478. The molecule has 0 bridgehead atoms. The van der Waals surface area contributed by atoms with Gasteiger partial charge in [-0.3, -0.25) is 14.5 Å². The highest BCUT2D eigenvalue weighted by Crippen LogP contribution is 2.39. The lowest BCUT2D eigenvalue weighted by Crippen LogP contribution is -2.47. The van der Waals surface area contributed by atoms with Gasteiger partial charge in [0.1, 0.15) is 6.04 Å². The van der Waals surface area contributed by atoms with Gasteiger partial charge < -0.3 is 10.4 Å². The minimum atomic E-state index is -0.801. The highest BCUT2D eigenvalue weighted by atomic mass is 16.4. The van der Waals surface area contributed by atoms with E-state index in [1.807, 2.05) is 30.0 Å². The predicted molar refractivity (Wildman–Crippen MR) is 109 cm³/mol. The van der Waals surface area contributed by atoms with Gasteiger partial charge >= 0.3 is 5.97 Å². The number of amides is 1. The van der Waals surface area contributed by atoms with Gasteiger partial charge in [0.15, 0.2) is 0 Å². The van der Waals surface area contributed by atoms with Crippen LogP contribution in [0.15, 0.2) is 42.5 Å². The van der Waals surface area contributed by atoms with Gasteiger partial charge in [-0.15, -0.1) is 0 Å². The molecule has 1 aliphatic heterocycles. The van der Waals surface area contributed by atoms with Crippen molar-refractivity contribution in [2.45, 2.75) is 57.2 Å². The molecule has 28 heavy (non-hydrogen) atoms. The van der Waals surface area contributed by atoms with Crippen molar-refractivity contribution >= 4 is 22.6 Å². The Kier molecular flexibility index (Phi) is 5.36. The van der Waals surface area contributed by atoms with Crippen molar-refractivity contribution < 1.29 is 14.7 Å². The molecule has 0 aromatic heterocycles. The first-order chi connectivity index (χ1) is 13.5. The highest BCUT2D eigenvalue weighted by Gasteiger charge is 2.45. The number of carboxylic acid groups (broad SMARTS) is 1. The van der Waals surface area contributed by atoms with Gasteiger partial charge in [-0.05, 0) is 54.5 Å². The maximum Gasteiger partial charge on any atom is 0.320 e. The van der Waals surface area contributed by atoms with Crippen LogP contribution in [-0.4, -0.2) is 40.5 Å². The minimum absolute atomic E-state index is 0.0990. The quantitative estimate of drug-likeness (QED) is 0.829. The third-order valence-corrected chi connectivity index (χ3v) is 6.48. The molecule has 0 spiro atoms. The number of likely N-dealkylation sites (tertiary alicyclic amines) is 1. The summed E-state index contributed by atoms with van der Waals surface area (Å²) in [5.74, 6) is -0.483. The molecular formula is C23H28N2O3. The van der Waals surface area contributed by atoms with E-state index >= 15 is 0 Å². The number of carboxylic acids is 1. The lowest BCUT2D eigenvalue weighted by atomic mass is 9.85. The minimum Gasteiger partial charge on any atom is -0.480 e. The SMILES string of the molecule is CC(NC(=O)CN1C(C(=O)O)CC2CCCCC21)c1ccc2ccccc2c1. The summed E-state index contributed by atoms with van der Waals surface area (Å²) in [5, 5.41) is 15.0. The molecule has 2 N–H and O–H groups in total. The topological polar surface area (TPSA) is 69.6 Å². The first-order valence-corrected chi connectivity index (χ1v) is 10.3. The van der Waals surface area contributed by atoms with Crippen LogP contribution in [-0.2, 0) is 9.59 Å². The Hall–Kier alpha value is -2.40. The zero-order chi connectivity index (χ0) is 19.7. The summed E-state index contributed by atoms with van der Waals surface area (Å²) in [5.41, 5.74) is 1.05. The van der Waals surface area contributed by atoms with Crippen molar-refractivity contribution in [3.05, 3.63) is 48.0 Å². The maximum atomic E-state index is 12.7. The Bertz CT molecular complexity index is 881. The van der Waals surface area contributed by atoms with Crippen LogP contribution >= 0.6 is 0 Å². The second-order valence-electron chi connectivity index (χ2n) is 8.27. The molecule has 0 radical (unpaired) electrons. The highest BCUT2D eigenvalue weighted by molar-refractivity contribution is 5.84. The van der Waals surface area contributed by atoms with Gasteiger partial charge in [-0.2, -0.15) is 0 Å². The number of benzene rings is 2. The van der Waals surface area contributed by atoms with Gasteiger partial charge in [0.05, 0.1) is 12.6 Å². The third kappa shape index (κ3) is 3.76. The second-order valence-corrected chi connectivity index (χ2v) is 8.27. The molecule has 4 unspecified atom stereocenters. The maximum absolute atomic E-state index is 12.7. The summed E-state index contributed by atoms with van der Waals surface area (Å²) in [6.07, 6.45) is 5.06. The fourth-order valence-electron chi connectivity index (χ4n) is 5.04. The molecule has 2 aromatic rings. The molecule has 1 aliphatic carbocycles. The van der Waals surface area contributed by atoms with Crippen molar-refractivity contribution in [2.24, 2.45) is 5.92 Å². The molecule has 2 aliphatic rings. The van der Waals surface area contributed by atoms with Gasteiger partial charge in [0, 0.05) is 6.04 Å². The molecule has 4 atom stereocenters. The molecule has 5 nitrogen and oxygen atoms in total. The summed E-state index contributed by atoms with van der Waals surface area (Å²) in [6, 6.07) is 14.0. The molecule has 2 aromatic carbocycles. The summed E-state index contributed by atoms with van der Waals surface area (Å²) in [4.78, 5) is 26.4. The largest absolute Gasteiger partial charge is 0.480 e. The second kappa shape index (κ2) is 7.92. The van der Waals surface area contributed by atoms with E-state index in [2.05, 4.69) is 29.6 Å². The van der Waals surface area contributed by atoms with Crippen molar-refractivity contribution in [1.29, 1.82) is 0 Å². The molecule has 1 heterocycles. The number of carbonyl (C=O) groups is 2. The fourth-order valence-corrected chi connectivity index (χ4v) is 5.04. The van der Waals surface area contributed by atoms with Gasteiger partial charge in [-0.1, -0.05) is 49.2 Å². The normalized spacial score (nSPS) is 26.0. The Balaban J connectivity index is 1.44. The Labute approximate surface area is 165 Å². The van der Waals surface area contributed by atoms with Crippen molar-refractivity contribution in [1.82, 2.24) is 10.2 Å². The van der Waals surface area contributed by atoms with Gasteiger partial charge in [0.25, 0.3) is 0 Å². The van der Waals surface area contributed by atoms with Gasteiger partial charge in [0.2, 0.25) is 5.91 Å². The van der Waals surface area contributed by atoms with Crippen LogP contribution in [0.4, 0.5) is 0 Å². The van der Waals surface area contributed by atoms with E-state index in [1.165, 1.54) is 11.8 Å². The summed E-state index contributed by atoms with van der Waals surface area (Å²) < 4.78 is 0. The predicted octanol–water partition coefficient (Wildman–Crippen LogP) is 3.73. The first-order valence-electron chi connectivity index (χ1n) is 10.3.